The van der Waals surface area contributed by atoms with E-state index in [2.05, 4.69) is 76.7 Å². The van der Waals surface area contributed by atoms with E-state index in [1.54, 1.807) is 0 Å². The highest BCUT2D eigenvalue weighted by Crippen LogP contribution is 2.29. The van der Waals surface area contributed by atoms with Crippen molar-refractivity contribution >= 4 is 28.8 Å². The Bertz CT molecular complexity index is 1760. The van der Waals surface area contributed by atoms with Crippen molar-refractivity contribution in [2.24, 2.45) is 0 Å². The SMILES string of the molecule is CN(C)CCCn1c(C(Cc2ccc3c(c2)CCCC3)NC(=O)N2CCC(N3CCc4ccccc4NC3=O)CC2)nc2ccccc21. The van der Waals surface area contributed by atoms with Crippen molar-refractivity contribution in [3.63, 3.8) is 0 Å². The molecule has 9 nitrogen and oxygen atoms in total. The highest BCUT2D eigenvalue weighted by atomic mass is 16.2. The predicted molar refractivity (Wildman–Crippen MR) is 191 cm³/mol. The van der Waals surface area contributed by atoms with Gasteiger partial charge in [-0.15, -0.1) is 0 Å². The van der Waals surface area contributed by atoms with Gasteiger partial charge in [-0.25, -0.2) is 14.6 Å². The maximum absolute atomic E-state index is 14.1. The van der Waals surface area contributed by atoms with Crippen LogP contribution in [0.5, 0.6) is 0 Å². The molecule has 4 aromatic rings. The van der Waals surface area contributed by atoms with Crippen molar-refractivity contribution in [1.29, 1.82) is 0 Å². The number of hydrogen-bond acceptors (Lipinski definition) is 4. The third kappa shape index (κ3) is 7.06. The molecule has 3 heterocycles. The van der Waals surface area contributed by atoms with Gasteiger partial charge in [0.25, 0.3) is 0 Å². The molecule has 7 rings (SSSR count). The first-order valence-corrected chi connectivity index (χ1v) is 17.8. The maximum Gasteiger partial charge on any atom is 0.322 e. The van der Waals surface area contributed by atoms with E-state index in [-0.39, 0.29) is 24.1 Å². The summed E-state index contributed by atoms with van der Waals surface area (Å²) in [6.45, 7) is 3.71. The van der Waals surface area contributed by atoms with E-state index < -0.39 is 0 Å². The fourth-order valence-corrected chi connectivity index (χ4v) is 7.86. The van der Waals surface area contributed by atoms with E-state index in [4.69, 9.17) is 4.98 Å². The Morgan fingerprint density at radius 2 is 1.71 bits per heavy atom. The average molecular weight is 648 g/mol. The second-order valence-corrected chi connectivity index (χ2v) is 14.0. The molecule has 1 unspecified atom stereocenters. The van der Waals surface area contributed by atoms with Crippen LogP contribution >= 0.6 is 0 Å². The van der Waals surface area contributed by atoms with Gasteiger partial charge in [0.05, 0.1) is 17.1 Å². The number of benzene rings is 3. The number of aryl methyl sites for hydroxylation is 3. The van der Waals surface area contributed by atoms with Crippen molar-refractivity contribution in [3.8, 4) is 0 Å². The summed E-state index contributed by atoms with van der Waals surface area (Å²) in [5.74, 6) is 0.914. The Morgan fingerprint density at radius 3 is 2.54 bits per heavy atom. The fourth-order valence-electron chi connectivity index (χ4n) is 7.86. The minimum absolute atomic E-state index is 0.0406. The van der Waals surface area contributed by atoms with Crippen molar-refractivity contribution < 1.29 is 9.59 Å². The lowest BCUT2D eigenvalue weighted by Crippen LogP contribution is -2.52. The van der Waals surface area contributed by atoms with Gasteiger partial charge in [0.2, 0.25) is 0 Å². The largest absolute Gasteiger partial charge is 0.328 e. The van der Waals surface area contributed by atoms with Gasteiger partial charge in [-0.1, -0.05) is 48.5 Å². The summed E-state index contributed by atoms with van der Waals surface area (Å²) < 4.78 is 2.32. The molecule has 9 heteroatoms. The molecular formula is C39H49N7O2. The summed E-state index contributed by atoms with van der Waals surface area (Å²) in [5.41, 5.74) is 8.29. The molecule has 0 spiro atoms. The number of urea groups is 2. The summed E-state index contributed by atoms with van der Waals surface area (Å²) in [4.78, 5) is 38.5. The average Bonchev–Trinajstić information content (AvgIpc) is 3.37. The molecule has 252 valence electrons. The van der Waals surface area contributed by atoms with Crippen molar-refractivity contribution in [2.45, 2.75) is 76.4 Å². The Hall–Kier alpha value is -4.37. The molecule has 1 aromatic heterocycles. The summed E-state index contributed by atoms with van der Waals surface area (Å²) >= 11 is 0. The number of nitrogens with one attached hydrogen (secondary N) is 2. The Kier molecular flexibility index (Phi) is 9.66. The number of hydrogen-bond donors (Lipinski definition) is 2. The molecular weight excluding hydrogens is 598 g/mol. The van der Waals surface area contributed by atoms with Crippen molar-refractivity contribution in [2.75, 3.05) is 45.6 Å². The highest BCUT2D eigenvalue weighted by Gasteiger charge is 2.33. The number of anilines is 1. The van der Waals surface area contributed by atoms with Crippen LogP contribution in [0.2, 0.25) is 0 Å². The van der Waals surface area contributed by atoms with E-state index in [0.717, 1.165) is 74.2 Å². The fraction of sp³-hybridized carbons (Fsp3) is 0.462. The topological polar surface area (TPSA) is 85.7 Å². The summed E-state index contributed by atoms with van der Waals surface area (Å²) in [5, 5.41) is 6.57. The van der Waals surface area contributed by atoms with Gasteiger partial charge in [-0.05, 0) is 119 Å². The zero-order valence-corrected chi connectivity index (χ0v) is 28.5. The van der Waals surface area contributed by atoms with Crippen LogP contribution in [0.15, 0.2) is 66.7 Å². The molecule has 1 fully saturated rings. The number of nitrogens with zero attached hydrogens (tertiary/aromatic N) is 5. The van der Waals surface area contributed by atoms with E-state index in [1.807, 2.05) is 34.1 Å². The molecule has 0 radical (unpaired) electrons. The first kappa shape index (κ1) is 32.2. The van der Waals surface area contributed by atoms with E-state index in [1.165, 1.54) is 35.1 Å². The number of aromatic nitrogens is 2. The smallest absolute Gasteiger partial charge is 0.322 e. The second-order valence-electron chi connectivity index (χ2n) is 14.0. The number of piperidine rings is 1. The number of carbonyl (C=O) groups is 2. The number of likely N-dealkylation sites (tertiary alicyclic amines) is 1. The van der Waals surface area contributed by atoms with Gasteiger partial charge in [0.1, 0.15) is 5.82 Å². The Labute approximate surface area is 284 Å². The lowest BCUT2D eigenvalue weighted by Gasteiger charge is -2.38. The molecule has 0 bridgehead atoms. The van der Waals surface area contributed by atoms with Gasteiger partial charge in [-0.2, -0.15) is 0 Å². The summed E-state index contributed by atoms with van der Waals surface area (Å²) in [6.07, 6.45) is 8.79. The van der Waals surface area contributed by atoms with Gasteiger partial charge in [0, 0.05) is 37.9 Å². The molecule has 1 saturated heterocycles. The number of imidazole rings is 1. The molecule has 48 heavy (non-hydrogen) atoms. The Morgan fingerprint density at radius 1 is 0.938 bits per heavy atom. The lowest BCUT2D eigenvalue weighted by atomic mass is 9.89. The van der Waals surface area contributed by atoms with Gasteiger partial charge < -0.3 is 29.9 Å². The zero-order chi connectivity index (χ0) is 33.0. The first-order valence-electron chi connectivity index (χ1n) is 17.8. The summed E-state index contributed by atoms with van der Waals surface area (Å²) in [7, 11) is 4.21. The molecule has 1 atom stereocenters. The van der Waals surface area contributed by atoms with Crippen molar-refractivity contribution in [3.05, 3.63) is 94.8 Å². The number of amides is 4. The third-order valence-corrected chi connectivity index (χ3v) is 10.5. The minimum Gasteiger partial charge on any atom is -0.328 e. The van der Waals surface area contributed by atoms with E-state index in [0.29, 0.717) is 26.1 Å². The predicted octanol–water partition coefficient (Wildman–Crippen LogP) is 6.41. The number of rotatable bonds is 9. The van der Waals surface area contributed by atoms with Crippen LogP contribution in [-0.4, -0.2) is 82.6 Å². The van der Waals surface area contributed by atoms with Crippen molar-refractivity contribution in [1.82, 2.24) is 29.6 Å². The third-order valence-electron chi connectivity index (χ3n) is 10.5. The minimum atomic E-state index is -0.279. The van der Waals surface area contributed by atoms with Crippen LogP contribution in [0.25, 0.3) is 11.0 Å². The standard InChI is InChI=1S/C39H49N7O2/c1-43(2)21-9-22-46-36-15-8-7-14-34(36)40-37(46)35(27-28-16-17-29-10-3-4-12-31(29)26-28)42-38(47)44-23-19-32(20-24-44)45-25-18-30-11-5-6-13-33(30)41-39(45)48/h5-8,11,13-17,26,32,35H,3-4,9-10,12,18-25,27H2,1-2H3,(H,41,48)(H,42,47). The normalized spacial score (nSPS) is 17.5. The number of carbonyl (C=O) groups excluding carboxylic acids is 2. The van der Waals surface area contributed by atoms with Gasteiger partial charge in [0.15, 0.2) is 0 Å². The van der Waals surface area contributed by atoms with Crippen LogP contribution in [0.1, 0.15) is 66.2 Å². The molecule has 2 aliphatic heterocycles. The number of fused-ring (bicyclic) bond motifs is 3. The van der Waals surface area contributed by atoms with E-state index in [9.17, 15) is 9.59 Å². The lowest BCUT2D eigenvalue weighted by molar-refractivity contribution is 0.133. The van der Waals surface area contributed by atoms with Crippen LogP contribution < -0.4 is 10.6 Å². The molecule has 3 aromatic carbocycles. The zero-order valence-electron chi connectivity index (χ0n) is 28.5. The highest BCUT2D eigenvalue weighted by molar-refractivity contribution is 5.91. The monoisotopic (exact) mass is 647 g/mol. The summed E-state index contributed by atoms with van der Waals surface area (Å²) in [6, 6.07) is 23.0. The van der Waals surface area contributed by atoms with Crippen LogP contribution in [-0.2, 0) is 32.2 Å². The second kappa shape index (κ2) is 14.4. The van der Waals surface area contributed by atoms with E-state index >= 15 is 0 Å². The number of para-hydroxylation sites is 3. The molecule has 4 amide bonds. The van der Waals surface area contributed by atoms with Gasteiger partial charge >= 0.3 is 12.1 Å². The van der Waals surface area contributed by atoms with Crippen LogP contribution in [0.4, 0.5) is 15.3 Å². The van der Waals surface area contributed by atoms with Gasteiger partial charge in [-0.3, -0.25) is 0 Å². The quantitative estimate of drug-likeness (QED) is 0.220. The first-order chi connectivity index (χ1) is 23.4. The van der Waals surface area contributed by atoms with Crippen LogP contribution in [0.3, 0.4) is 0 Å². The maximum atomic E-state index is 14.1. The molecule has 1 aliphatic carbocycles. The van der Waals surface area contributed by atoms with Crippen LogP contribution in [0, 0.1) is 0 Å². The molecule has 2 N–H and O–H groups in total. The molecule has 3 aliphatic rings. The molecule has 0 saturated carbocycles. The Balaban J connectivity index is 1.09.